The molecule has 1 aliphatic heterocycles. The van der Waals surface area contributed by atoms with E-state index in [1.807, 2.05) is 18.2 Å². The van der Waals surface area contributed by atoms with Gasteiger partial charge >= 0.3 is 0 Å². The highest BCUT2D eigenvalue weighted by atomic mass is 16.5. The van der Waals surface area contributed by atoms with Crippen LogP contribution in [0, 0.1) is 0 Å². The van der Waals surface area contributed by atoms with E-state index in [1.165, 1.54) is 24.3 Å². The Morgan fingerprint density at radius 3 is 2.27 bits per heavy atom. The second kappa shape index (κ2) is 9.12. The molecule has 0 aromatic heterocycles. The number of hydrazine groups is 1. The van der Waals surface area contributed by atoms with Crippen molar-refractivity contribution in [2.75, 3.05) is 21.3 Å². The Kier molecular flexibility index (Phi) is 6.08. The summed E-state index contributed by atoms with van der Waals surface area (Å²) >= 11 is 0. The number of phenolic OH excluding ortho intramolecular Hbond substituents is 1. The number of carbonyl (C=O) groups excluding carboxylic acids is 2. The second-order valence-corrected chi connectivity index (χ2v) is 7.48. The van der Waals surface area contributed by atoms with Gasteiger partial charge in [0.05, 0.1) is 33.3 Å². The van der Waals surface area contributed by atoms with Crippen LogP contribution in [0.4, 0.5) is 0 Å². The molecule has 1 heterocycles. The minimum Gasteiger partial charge on any atom is -0.507 e. The zero-order valence-electron chi connectivity index (χ0n) is 18.5. The van der Waals surface area contributed by atoms with Crippen LogP contribution in [-0.2, 0) is 11.2 Å². The third kappa shape index (κ3) is 4.15. The summed E-state index contributed by atoms with van der Waals surface area (Å²) in [5.74, 6) is 0.619. The van der Waals surface area contributed by atoms with Crippen molar-refractivity contribution < 1.29 is 28.9 Å². The van der Waals surface area contributed by atoms with E-state index >= 15 is 0 Å². The van der Waals surface area contributed by atoms with Crippen LogP contribution in [0.3, 0.4) is 0 Å². The zero-order chi connectivity index (χ0) is 23.5. The Bertz CT molecular complexity index is 1190. The molecule has 0 saturated heterocycles. The van der Waals surface area contributed by atoms with Crippen molar-refractivity contribution in [1.29, 1.82) is 0 Å². The number of phenols is 1. The molecule has 0 unspecified atom stereocenters. The number of hydrogen-bond donors (Lipinski definition) is 2. The van der Waals surface area contributed by atoms with Crippen LogP contribution in [-0.4, -0.2) is 43.3 Å². The molecule has 4 rings (SSSR count). The number of aromatic hydroxyl groups is 1. The third-order valence-corrected chi connectivity index (χ3v) is 5.61. The number of ether oxygens (including phenoxy) is 3. The first kappa shape index (κ1) is 22.0. The Morgan fingerprint density at radius 2 is 1.64 bits per heavy atom. The quantitative estimate of drug-likeness (QED) is 0.601. The fraction of sp³-hybridized carbons (Fsp3) is 0.200. The van der Waals surface area contributed by atoms with Crippen molar-refractivity contribution in [3.63, 3.8) is 0 Å². The average molecular weight is 448 g/mol. The molecular formula is C25H24N2O6. The lowest BCUT2D eigenvalue weighted by Crippen LogP contribution is -2.51. The van der Waals surface area contributed by atoms with E-state index in [-0.39, 0.29) is 23.6 Å². The topological polar surface area (TPSA) is 97.3 Å². The van der Waals surface area contributed by atoms with Gasteiger partial charge in [-0.05, 0) is 53.1 Å². The molecule has 0 radical (unpaired) electrons. The lowest BCUT2D eigenvalue weighted by Gasteiger charge is -2.37. The molecule has 2 amide bonds. The maximum absolute atomic E-state index is 13.2. The number of rotatable bonds is 6. The summed E-state index contributed by atoms with van der Waals surface area (Å²) in [7, 11) is 4.65. The van der Waals surface area contributed by atoms with Gasteiger partial charge in [-0.1, -0.05) is 24.3 Å². The lowest BCUT2D eigenvalue weighted by atomic mass is 9.88. The molecule has 0 fully saturated rings. The van der Waals surface area contributed by atoms with Crippen molar-refractivity contribution in [2.24, 2.45) is 0 Å². The molecule has 0 bridgehead atoms. The van der Waals surface area contributed by atoms with Crippen molar-refractivity contribution in [1.82, 2.24) is 10.4 Å². The van der Waals surface area contributed by atoms with Gasteiger partial charge < -0.3 is 19.3 Å². The number of para-hydroxylation sites is 1. The standard InChI is InChI=1S/C25H24N2O6/c1-31-17-10-8-15(9-11-17)24-19-14-22(33-3)21(32-2)12-16(19)13-23(29)27(24)26-25(30)18-6-4-5-7-20(18)28/h4-12,14,24,28H,13H2,1-3H3,(H,26,30)/t24-/m0/s1. The van der Waals surface area contributed by atoms with Crippen LogP contribution in [0.1, 0.15) is 33.1 Å². The number of carbonyl (C=O) groups is 2. The first-order valence-electron chi connectivity index (χ1n) is 10.3. The normalized spacial score (nSPS) is 14.9. The number of hydrogen-bond acceptors (Lipinski definition) is 6. The van der Waals surface area contributed by atoms with Crippen molar-refractivity contribution in [2.45, 2.75) is 12.5 Å². The van der Waals surface area contributed by atoms with Gasteiger partial charge in [0.25, 0.3) is 5.91 Å². The van der Waals surface area contributed by atoms with Gasteiger partial charge in [-0.2, -0.15) is 0 Å². The Labute approximate surface area is 191 Å². The zero-order valence-corrected chi connectivity index (χ0v) is 18.5. The molecule has 8 heteroatoms. The molecule has 2 N–H and O–H groups in total. The van der Waals surface area contributed by atoms with Gasteiger partial charge in [-0.15, -0.1) is 0 Å². The molecule has 8 nitrogen and oxygen atoms in total. The van der Waals surface area contributed by atoms with Gasteiger partial charge in [0.2, 0.25) is 5.91 Å². The summed E-state index contributed by atoms with van der Waals surface area (Å²) < 4.78 is 16.2. The summed E-state index contributed by atoms with van der Waals surface area (Å²) in [6.45, 7) is 0. The van der Waals surface area contributed by atoms with E-state index in [9.17, 15) is 14.7 Å². The van der Waals surface area contributed by atoms with Crippen LogP contribution in [0.2, 0.25) is 0 Å². The molecular weight excluding hydrogens is 424 g/mol. The van der Waals surface area contributed by atoms with Crippen molar-refractivity contribution in [3.05, 3.63) is 82.9 Å². The number of nitrogens with one attached hydrogen (secondary N) is 1. The molecule has 0 aliphatic carbocycles. The predicted octanol–water partition coefficient (Wildman–Crippen LogP) is 3.24. The highest BCUT2D eigenvalue weighted by molar-refractivity contribution is 5.98. The summed E-state index contributed by atoms with van der Waals surface area (Å²) in [5, 5.41) is 11.4. The van der Waals surface area contributed by atoms with Crippen LogP contribution in [0.25, 0.3) is 0 Å². The largest absolute Gasteiger partial charge is 0.507 e. The van der Waals surface area contributed by atoms with Gasteiger partial charge in [0.15, 0.2) is 11.5 Å². The summed E-state index contributed by atoms with van der Waals surface area (Å²) in [6.07, 6.45) is 0.0589. The summed E-state index contributed by atoms with van der Waals surface area (Å²) in [6, 6.07) is 16.4. The van der Waals surface area contributed by atoms with Crippen LogP contribution in [0.5, 0.6) is 23.0 Å². The first-order chi connectivity index (χ1) is 16.0. The van der Waals surface area contributed by atoms with E-state index in [1.54, 1.807) is 44.6 Å². The Hall–Kier alpha value is -4.20. The molecule has 3 aromatic carbocycles. The first-order valence-corrected chi connectivity index (χ1v) is 10.3. The Morgan fingerprint density at radius 1 is 0.970 bits per heavy atom. The second-order valence-electron chi connectivity index (χ2n) is 7.48. The van der Waals surface area contributed by atoms with E-state index in [2.05, 4.69) is 5.43 Å². The molecule has 1 atom stereocenters. The molecule has 0 spiro atoms. The number of benzene rings is 3. The van der Waals surface area contributed by atoms with Crippen LogP contribution >= 0.6 is 0 Å². The van der Waals surface area contributed by atoms with E-state index in [4.69, 9.17) is 14.2 Å². The molecule has 33 heavy (non-hydrogen) atoms. The van der Waals surface area contributed by atoms with Gasteiger partial charge in [0.1, 0.15) is 17.5 Å². The minimum absolute atomic E-state index is 0.0589. The highest BCUT2D eigenvalue weighted by Crippen LogP contribution is 2.41. The van der Waals surface area contributed by atoms with Gasteiger partial charge in [-0.3, -0.25) is 15.0 Å². The molecule has 3 aromatic rings. The summed E-state index contributed by atoms with van der Waals surface area (Å²) in [5.41, 5.74) is 5.07. The maximum Gasteiger partial charge on any atom is 0.273 e. The molecule has 1 aliphatic rings. The number of nitrogens with zero attached hydrogens (tertiary/aromatic N) is 1. The minimum atomic E-state index is -0.637. The number of fused-ring (bicyclic) bond motifs is 1. The van der Waals surface area contributed by atoms with Crippen molar-refractivity contribution >= 4 is 11.8 Å². The van der Waals surface area contributed by atoms with E-state index < -0.39 is 11.9 Å². The number of methoxy groups -OCH3 is 3. The SMILES string of the molecule is COc1ccc([C@H]2c3cc(OC)c(OC)cc3CC(=O)N2NC(=O)c2ccccc2O)cc1. The van der Waals surface area contributed by atoms with Crippen LogP contribution in [0.15, 0.2) is 60.7 Å². The monoisotopic (exact) mass is 448 g/mol. The smallest absolute Gasteiger partial charge is 0.273 e. The molecule has 170 valence electrons. The van der Waals surface area contributed by atoms with E-state index in [0.717, 1.165) is 16.7 Å². The average Bonchev–Trinajstić information content (AvgIpc) is 2.84. The van der Waals surface area contributed by atoms with Gasteiger partial charge in [-0.25, -0.2) is 5.01 Å². The molecule has 0 saturated carbocycles. The highest BCUT2D eigenvalue weighted by Gasteiger charge is 2.36. The Balaban J connectivity index is 1.81. The third-order valence-electron chi connectivity index (χ3n) is 5.61. The number of amides is 2. The summed E-state index contributed by atoms with van der Waals surface area (Å²) in [4.78, 5) is 26.2. The van der Waals surface area contributed by atoms with Crippen LogP contribution < -0.4 is 19.6 Å². The predicted molar refractivity (Wildman–Crippen MR) is 121 cm³/mol. The fourth-order valence-electron chi connectivity index (χ4n) is 3.95. The maximum atomic E-state index is 13.2. The lowest BCUT2D eigenvalue weighted by molar-refractivity contribution is -0.136. The van der Waals surface area contributed by atoms with E-state index in [0.29, 0.717) is 17.2 Å². The van der Waals surface area contributed by atoms with Gasteiger partial charge in [0, 0.05) is 0 Å². The van der Waals surface area contributed by atoms with Crippen molar-refractivity contribution in [3.8, 4) is 23.0 Å². The fourth-order valence-corrected chi connectivity index (χ4v) is 3.95.